The van der Waals surface area contributed by atoms with Crippen LogP contribution in [0.5, 0.6) is 5.75 Å². The number of rotatable bonds is 6. The lowest BCUT2D eigenvalue weighted by Gasteiger charge is -2.29. The molecule has 0 fully saturated rings. The predicted octanol–water partition coefficient (Wildman–Crippen LogP) is 3.00. The quantitative estimate of drug-likeness (QED) is 0.537. The van der Waals surface area contributed by atoms with Crippen LogP contribution < -0.4 is 15.4 Å². The van der Waals surface area contributed by atoms with E-state index in [0.717, 1.165) is 27.9 Å². The molecule has 0 spiro atoms. The normalized spacial score (nSPS) is 13.2. The lowest BCUT2D eigenvalue weighted by atomic mass is 9.93. The SMILES string of the molecule is COc1ccc(CC(C)(CO)NC(=O)Nc2cnc3[nH]ccc3c2C)cc1. The van der Waals surface area contributed by atoms with Gasteiger partial charge in [-0.15, -0.1) is 0 Å². The van der Waals surface area contributed by atoms with Crippen LogP contribution in [-0.4, -0.2) is 40.4 Å². The van der Waals surface area contributed by atoms with Crippen molar-refractivity contribution in [3.05, 3.63) is 53.9 Å². The number of carbonyl (C=O) groups is 1. The van der Waals surface area contributed by atoms with Crippen molar-refractivity contribution in [3.63, 3.8) is 0 Å². The Balaban J connectivity index is 1.70. The van der Waals surface area contributed by atoms with Crippen molar-refractivity contribution in [2.45, 2.75) is 25.8 Å². The number of H-pyrrole nitrogens is 1. The number of carbonyl (C=O) groups excluding carboxylic acids is 1. The van der Waals surface area contributed by atoms with Crippen molar-refractivity contribution in [1.82, 2.24) is 15.3 Å². The summed E-state index contributed by atoms with van der Waals surface area (Å²) in [7, 11) is 1.61. The number of pyridine rings is 1. The van der Waals surface area contributed by atoms with Crippen molar-refractivity contribution in [3.8, 4) is 5.75 Å². The first-order valence-electron chi connectivity index (χ1n) is 8.70. The van der Waals surface area contributed by atoms with Crippen LogP contribution in [-0.2, 0) is 6.42 Å². The highest BCUT2D eigenvalue weighted by Gasteiger charge is 2.26. The van der Waals surface area contributed by atoms with Gasteiger partial charge in [-0.2, -0.15) is 0 Å². The zero-order valence-corrected chi connectivity index (χ0v) is 15.7. The molecule has 0 saturated heterocycles. The van der Waals surface area contributed by atoms with Crippen molar-refractivity contribution in [1.29, 1.82) is 0 Å². The molecular formula is C20H24N4O3. The summed E-state index contributed by atoms with van der Waals surface area (Å²) in [6, 6.07) is 9.07. The van der Waals surface area contributed by atoms with Gasteiger partial charge < -0.3 is 25.5 Å². The number of nitrogens with zero attached hydrogens (tertiary/aromatic N) is 1. The molecule has 142 valence electrons. The Hall–Kier alpha value is -3.06. The fourth-order valence-electron chi connectivity index (χ4n) is 3.03. The first kappa shape index (κ1) is 18.7. The van der Waals surface area contributed by atoms with E-state index in [0.29, 0.717) is 12.1 Å². The number of benzene rings is 1. The van der Waals surface area contributed by atoms with Crippen LogP contribution in [0.3, 0.4) is 0 Å². The summed E-state index contributed by atoms with van der Waals surface area (Å²) < 4.78 is 5.16. The van der Waals surface area contributed by atoms with Crippen LogP contribution in [0.4, 0.5) is 10.5 Å². The number of hydrogen-bond donors (Lipinski definition) is 4. The van der Waals surface area contributed by atoms with Crippen LogP contribution in [0.15, 0.2) is 42.7 Å². The van der Waals surface area contributed by atoms with Crippen LogP contribution in [0.25, 0.3) is 11.0 Å². The Labute approximate surface area is 157 Å². The highest BCUT2D eigenvalue weighted by Crippen LogP contribution is 2.23. The van der Waals surface area contributed by atoms with Crippen molar-refractivity contribution < 1.29 is 14.6 Å². The van der Waals surface area contributed by atoms with E-state index in [2.05, 4.69) is 20.6 Å². The fraction of sp³-hybridized carbons (Fsp3) is 0.300. The first-order valence-corrected chi connectivity index (χ1v) is 8.70. The number of fused-ring (bicyclic) bond motifs is 1. The number of aromatic nitrogens is 2. The number of ether oxygens (including phenoxy) is 1. The monoisotopic (exact) mass is 368 g/mol. The second-order valence-corrected chi connectivity index (χ2v) is 6.86. The standard InChI is InChI=1S/C20H24N4O3/c1-13-16-8-9-21-18(16)22-11-17(13)23-19(26)24-20(2,12-25)10-14-4-6-15(27-3)7-5-14/h4-9,11,25H,10,12H2,1-3H3,(H,21,22)(H2,23,24,26). The summed E-state index contributed by atoms with van der Waals surface area (Å²) >= 11 is 0. The van der Waals surface area contributed by atoms with Gasteiger partial charge in [-0.05, 0) is 49.6 Å². The molecule has 0 aliphatic heterocycles. The summed E-state index contributed by atoms with van der Waals surface area (Å²) in [5, 5.41) is 16.5. The van der Waals surface area contributed by atoms with Gasteiger partial charge in [-0.25, -0.2) is 9.78 Å². The highest BCUT2D eigenvalue weighted by atomic mass is 16.5. The van der Waals surface area contributed by atoms with E-state index in [1.807, 2.05) is 43.5 Å². The van der Waals surface area contributed by atoms with E-state index < -0.39 is 5.54 Å². The highest BCUT2D eigenvalue weighted by molar-refractivity contribution is 5.94. The molecule has 7 nitrogen and oxygen atoms in total. The Bertz CT molecular complexity index is 936. The number of amides is 2. The van der Waals surface area contributed by atoms with Gasteiger partial charge in [0.05, 0.1) is 31.1 Å². The van der Waals surface area contributed by atoms with Crippen LogP contribution in [0, 0.1) is 6.92 Å². The maximum atomic E-state index is 12.5. The van der Waals surface area contributed by atoms with E-state index in [4.69, 9.17) is 4.74 Å². The topological polar surface area (TPSA) is 99.3 Å². The van der Waals surface area contributed by atoms with Gasteiger partial charge in [0.15, 0.2) is 0 Å². The lowest BCUT2D eigenvalue weighted by Crippen LogP contribution is -2.52. The Kier molecular flexibility index (Phi) is 5.32. The number of aliphatic hydroxyl groups excluding tert-OH is 1. The van der Waals surface area contributed by atoms with Gasteiger partial charge in [0.1, 0.15) is 11.4 Å². The van der Waals surface area contributed by atoms with E-state index in [-0.39, 0.29) is 12.6 Å². The van der Waals surface area contributed by atoms with Gasteiger partial charge in [-0.3, -0.25) is 0 Å². The minimum Gasteiger partial charge on any atom is -0.497 e. The second kappa shape index (κ2) is 7.67. The van der Waals surface area contributed by atoms with Crippen LogP contribution in [0.2, 0.25) is 0 Å². The molecule has 0 radical (unpaired) electrons. The maximum absolute atomic E-state index is 12.5. The average molecular weight is 368 g/mol. The van der Waals surface area contributed by atoms with E-state index in [1.54, 1.807) is 20.2 Å². The largest absolute Gasteiger partial charge is 0.497 e. The summed E-state index contributed by atoms with van der Waals surface area (Å²) in [5.74, 6) is 0.762. The summed E-state index contributed by atoms with van der Waals surface area (Å²) in [6.07, 6.45) is 3.91. The molecule has 3 rings (SSSR count). The van der Waals surface area contributed by atoms with Gasteiger partial charge in [0.2, 0.25) is 0 Å². The van der Waals surface area contributed by atoms with Gasteiger partial charge in [0.25, 0.3) is 0 Å². The smallest absolute Gasteiger partial charge is 0.319 e. The number of hydrogen-bond acceptors (Lipinski definition) is 4. The molecule has 7 heteroatoms. The number of aromatic amines is 1. The van der Waals surface area contributed by atoms with E-state index in [1.165, 1.54) is 0 Å². The summed E-state index contributed by atoms with van der Waals surface area (Å²) in [5.41, 5.74) is 2.51. The number of methoxy groups -OCH3 is 1. The Morgan fingerprint density at radius 1 is 1.30 bits per heavy atom. The van der Waals surface area contributed by atoms with Gasteiger partial charge in [0, 0.05) is 11.6 Å². The lowest BCUT2D eigenvalue weighted by molar-refractivity contribution is 0.175. The number of aryl methyl sites for hydroxylation is 1. The molecule has 1 aromatic carbocycles. The van der Waals surface area contributed by atoms with Gasteiger partial charge in [-0.1, -0.05) is 12.1 Å². The molecule has 2 heterocycles. The van der Waals surface area contributed by atoms with Crippen LogP contribution in [0.1, 0.15) is 18.1 Å². The third-order valence-electron chi connectivity index (χ3n) is 4.62. The van der Waals surface area contributed by atoms with E-state index >= 15 is 0 Å². The number of urea groups is 1. The molecule has 0 saturated carbocycles. The maximum Gasteiger partial charge on any atom is 0.319 e. The van der Waals surface area contributed by atoms with Crippen molar-refractivity contribution in [2.75, 3.05) is 19.0 Å². The second-order valence-electron chi connectivity index (χ2n) is 6.86. The molecule has 0 bridgehead atoms. The molecule has 1 atom stereocenters. The van der Waals surface area contributed by atoms with Crippen LogP contribution >= 0.6 is 0 Å². The minimum absolute atomic E-state index is 0.194. The molecule has 2 aromatic heterocycles. The summed E-state index contributed by atoms with van der Waals surface area (Å²) in [4.78, 5) is 19.9. The number of aliphatic hydroxyl groups is 1. The third kappa shape index (κ3) is 4.20. The number of anilines is 1. The first-order chi connectivity index (χ1) is 12.9. The predicted molar refractivity (Wildman–Crippen MR) is 105 cm³/mol. The molecule has 0 aliphatic rings. The molecule has 2 amide bonds. The zero-order valence-electron chi connectivity index (χ0n) is 15.7. The van der Waals surface area contributed by atoms with Crippen molar-refractivity contribution >= 4 is 22.8 Å². The fourth-order valence-corrected chi connectivity index (χ4v) is 3.03. The molecule has 0 aliphatic carbocycles. The summed E-state index contributed by atoms with van der Waals surface area (Å²) in [6.45, 7) is 3.54. The van der Waals surface area contributed by atoms with E-state index in [9.17, 15) is 9.90 Å². The Morgan fingerprint density at radius 2 is 2.04 bits per heavy atom. The number of nitrogens with one attached hydrogen (secondary N) is 3. The van der Waals surface area contributed by atoms with Gasteiger partial charge >= 0.3 is 6.03 Å². The molecular weight excluding hydrogens is 344 g/mol. The molecule has 27 heavy (non-hydrogen) atoms. The molecule has 1 unspecified atom stereocenters. The van der Waals surface area contributed by atoms with Crippen molar-refractivity contribution in [2.24, 2.45) is 0 Å². The minimum atomic E-state index is -0.807. The molecule has 4 N–H and O–H groups in total. The average Bonchev–Trinajstić information content (AvgIpc) is 3.14. The molecule has 3 aromatic rings. The Morgan fingerprint density at radius 3 is 2.70 bits per heavy atom. The third-order valence-corrected chi connectivity index (χ3v) is 4.62. The zero-order chi connectivity index (χ0) is 19.4.